The number of hydrogen-bond acceptors (Lipinski definition) is 12. The molecule has 0 aromatic heterocycles. The van der Waals surface area contributed by atoms with Crippen LogP contribution in [0.15, 0.2) is 0 Å². The first kappa shape index (κ1) is 56.1. The Labute approximate surface area is 395 Å². The summed E-state index contributed by atoms with van der Waals surface area (Å²) in [5, 5.41) is 30.6. The molecule has 4 fully saturated rings. The van der Waals surface area contributed by atoms with E-state index in [2.05, 4.69) is 82.1 Å². The molecule has 2 aliphatic heterocycles. The Hall–Kier alpha value is -0.480. The molecule has 12 nitrogen and oxygen atoms in total. The van der Waals surface area contributed by atoms with Crippen molar-refractivity contribution in [2.75, 3.05) is 159 Å². The van der Waals surface area contributed by atoms with Gasteiger partial charge in [-0.15, -0.1) is 0 Å². The van der Waals surface area contributed by atoms with Crippen LogP contribution < -0.4 is 10.6 Å². The molecule has 2 saturated carbocycles. The fourth-order valence-electron chi connectivity index (χ4n) is 11.0. The highest BCUT2D eigenvalue weighted by Crippen LogP contribution is 2.39. The number of aliphatic hydroxyl groups excluding tert-OH is 2. The van der Waals surface area contributed by atoms with E-state index >= 15 is 0 Å². The largest absolute Gasteiger partial charge is 0.393 e. The second-order valence-electron chi connectivity index (χ2n) is 21.7. The van der Waals surface area contributed by atoms with E-state index in [9.17, 15) is 10.2 Å². The van der Waals surface area contributed by atoms with Crippen LogP contribution in [0.2, 0.25) is 0 Å². The van der Waals surface area contributed by atoms with E-state index in [4.69, 9.17) is 9.47 Å². The Morgan fingerprint density at radius 1 is 0.531 bits per heavy atom. The maximum Gasteiger partial charge on any atom is 0.0645 e. The Bertz CT molecular complexity index is 1120. The van der Waals surface area contributed by atoms with Gasteiger partial charge in [-0.1, -0.05) is 20.3 Å². The van der Waals surface area contributed by atoms with Crippen molar-refractivity contribution in [1.29, 1.82) is 0 Å². The average molecular weight is 907 g/mol. The molecule has 12 heteroatoms. The molecule has 5 atom stereocenters. The average Bonchev–Trinajstić information content (AvgIpc) is 3.27. The molecule has 2 aliphatic carbocycles. The summed E-state index contributed by atoms with van der Waals surface area (Å²) < 4.78 is 13.1. The molecule has 0 bridgehead atoms. The van der Waals surface area contributed by atoms with Gasteiger partial charge in [0.05, 0.1) is 24.4 Å². The van der Waals surface area contributed by atoms with Crippen LogP contribution in [0, 0.1) is 23.7 Å². The lowest BCUT2D eigenvalue weighted by Crippen LogP contribution is -2.47. The zero-order chi connectivity index (χ0) is 45.8. The predicted molar refractivity (Wildman–Crippen MR) is 269 cm³/mol. The normalized spacial score (nSPS) is 30.0. The number of hydrogen-bond donors (Lipinski definition) is 4. The van der Waals surface area contributed by atoms with Gasteiger partial charge in [0.1, 0.15) is 0 Å². The number of likely N-dealkylation sites (N-methyl/N-ethyl adjacent to an activating group) is 4. The summed E-state index contributed by atoms with van der Waals surface area (Å²) in [7, 11) is 9.06. The predicted octanol–water partition coefficient (Wildman–Crippen LogP) is 5.57. The van der Waals surface area contributed by atoms with Gasteiger partial charge in [0.15, 0.2) is 0 Å². The van der Waals surface area contributed by atoms with E-state index in [1.54, 1.807) is 0 Å². The summed E-state index contributed by atoms with van der Waals surface area (Å²) >= 11 is 0. The van der Waals surface area contributed by atoms with E-state index in [0.717, 1.165) is 175 Å². The molecule has 0 spiro atoms. The molecule has 4 rings (SSSR count). The summed E-state index contributed by atoms with van der Waals surface area (Å²) in [5.41, 5.74) is 0. The molecule has 0 aromatic carbocycles. The van der Waals surface area contributed by atoms with Gasteiger partial charge in [-0.25, -0.2) is 0 Å². The van der Waals surface area contributed by atoms with E-state index in [-0.39, 0.29) is 17.9 Å². The Balaban J connectivity index is 1.10. The van der Waals surface area contributed by atoms with Crippen LogP contribution in [0.4, 0.5) is 0 Å². The lowest BCUT2D eigenvalue weighted by atomic mass is 9.71. The van der Waals surface area contributed by atoms with Gasteiger partial charge in [-0.05, 0) is 215 Å². The van der Waals surface area contributed by atoms with Gasteiger partial charge in [-0.2, -0.15) is 0 Å². The summed E-state index contributed by atoms with van der Waals surface area (Å²) in [6, 6.07) is 0. The highest BCUT2D eigenvalue weighted by Gasteiger charge is 2.41. The number of nitrogens with one attached hydrogen (secondary N) is 2. The Kier molecular flexibility index (Phi) is 29.7. The maximum atomic E-state index is 11.8. The van der Waals surface area contributed by atoms with E-state index in [0.29, 0.717) is 17.9 Å². The zero-order valence-corrected chi connectivity index (χ0v) is 42.9. The van der Waals surface area contributed by atoms with Gasteiger partial charge in [0.25, 0.3) is 0 Å². The molecule has 5 unspecified atom stereocenters. The quantitative estimate of drug-likeness (QED) is 0.122. The van der Waals surface area contributed by atoms with Crippen molar-refractivity contribution < 1.29 is 19.7 Å². The molecule has 0 amide bonds. The number of nitrogens with zero attached hydrogens (tertiary/aromatic N) is 6. The smallest absolute Gasteiger partial charge is 0.0645 e. The minimum Gasteiger partial charge on any atom is -0.393 e. The van der Waals surface area contributed by atoms with Crippen molar-refractivity contribution in [1.82, 2.24) is 40.0 Å². The number of unbranched alkanes of at least 4 members (excludes halogenated alkanes) is 2. The molecule has 0 radical (unpaired) electrons. The molecular formula is C52H106N8O4. The highest BCUT2D eigenvalue weighted by atomic mass is 16.5. The van der Waals surface area contributed by atoms with Crippen LogP contribution in [0.3, 0.4) is 0 Å². The minimum absolute atomic E-state index is 0.0385. The standard InChI is InChI=1S/C52H106N8O4/c1-45(2)15-21-49-51(64-44-10-8-34-60-36-14-32-56(4)38-28-54-26-12-30-58(6)40-42-60)24-22-48(52(49)62)50(61)23-18-46-16-19-47(20-17-46)63-43-9-7-33-59-35-13-31-55(3)37-27-53-25-11-29-57(5)39-41-59/h45-54,61-62H,7-44H2,1-6H3. The third-order valence-electron chi connectivity index (χ3n) is 15.5. The van der Waals surface area contributed by atoms with Crippen molar-refractivity contribution in [3.05, 3.63) is 0 Å². The number of aliphatic hydroxyl groups is 2. The van der Waals surface area contributed by atoms with Gasteiger partial charge in [-0.3, -0.25) is 0 Å². The van der Waals surface area contributed by atoms with E-state index in [1.807, 2.05) is 0 Å². The van der Waals surface area contributed by atoms with Gasteiger partial charge >= 0.3 is 0 Å². The molecular weight excluding hydrogens is 801 g/mol. The summed E-state index contributed by atoms with van der Waals surface area (Å²) in [5.74, 6) is 1.33. The Morgan fingerprint density at radius 3 is 1.62 bits per heavy atom. The third kappa shape index (κ3) is 24.2. The molecule has 2 saturated heterocycles. The molecule has 64 heavy (non-hydrogen) atoms. The Morgan fingerprint density at radius 2 is 1.06 bits per heavy atom. The van der Waals surface area contributed by atoms with Crippen LogP contribution in [-0.4, -0.2) is 223 Å². The fraction of sp³-hybridized carbons (Fsp3) is 1.00. The van der Waals surface area contributed by atoms with Gasteiger partial charge < -0.3 is 59.7 Å². The molecule has 2 heterocycles. The first-order valence-corrected chi connectivity index (χ1v) is 27.3. The van der Waals surface area contributed by atoms with Crippen molar-refractivity contribution in [2.24, 2.45) is 23.7 Å². The lowest BCUT2D eigenvalue weighted by molar-refractivity contribution is -0.119. The van der Waals surface area contributed by atoms with Crippen molar-refractivity contribution >= 4 is 0 Å². The monoisotopic (exact) mass is 907 g/mol. The molecule has 0 aromatic rings. The minimum atomic E-state index is -0.486. The fourth-order valence-corrected chi connectivity index (χ4v) is 11.0. The summed E-state index contributed by atoms with van der Waals surface area (Å²) in [6.07, 6.45) is 19.5. The van der Waals surface area contributed by atoms with Crippen LogP contribution in [0.1, 0.15) is 129 Å². The van der Waals surface area contributed by atoms with Crippen LogP contribution in [0.5, 0.6) is 0 Å². The highest BCUT2D eigenvalue weighted by molar-refractivity contribution is 4.92. The summed E-state index contributed by atoms with van der Waals surface area (Å²) in [4.78, 5) is 15.3. The second-order valence-corrected chi connectivity index (χ2v) is 21.7. The molecule has 4 N–H and O–H groups in total. The first-order valence-electron chi connectivity index (χ1n) is 27.3. The SMILES string of the molecule is CC(C)CCC1C(OCCCCN2CCCN(C)CCNCCCN(C)CC2)CCC(C(O)CCC2CCC(OCCCCN3CCCN(C)CCNCCCN(C)CC3)CC2)C1O. The second kappa shape index (κ2) is 33.9. The third-order valence-corrected chi connectivity index (χ3v) is 15.5. The maximum absolute atomic E-state index is 11.8. The number of rotatable bonds is 19. The number of ether oxygens (including phenoxy) is 2. The van der Waals surface area contributed by atoms with Gasteiger partial charge in [0, 0.05) is 77.4 Å². The topological polar surface area (TPSA) is 102 Å². The first-order chi connectivity index (χ1) is 31.1. The van der Waals surface area contributed by atoms with Crippen molar-refractivity contribution in [2.45, 2.75) is 154 Å². The zero-order valence-electron chi connectivity index (χ0n) is 42.9. The molecule has 378 valence electrons. The van der Waals surface area contributed by atoms with Crippen LogP contribution >= 0.6 is 0 Å². The van der Waals surface area contributed by atoms with Crippen molar-refractivity contribution in [3.63, 3.8) is 0 Å². The van der Waals surface area contributed by atoms with Crippen LogP contribution in [-0.2, 0) is 9.47 Å². The summed E-state index contributed by atoms with van der Waals surface area (Å²) in [6.45, 7) is 26.7. The lowest BCUT2D eigenvalue weighted by Gasteiger charge is -2.42. The van der Waals surface area contributed by atoms with Gasteiger partial charge in [0.2, 0.25) is 0 Å². The van der Waals surface area contributed by atoms with Crippen LogP contribution in [0.25, 0.3) is 0 Å². The van der Waals surface area contributed by atoms with E-state index < -0.39 is 12.2 Å². The van der Waals surface area contributed by atoms with E-state index in [1.165, 1.54) is 71.1 Å². The molecule has 4 aliphatic rings. The van der Waals surface area contributed by atoms with Crippen molar-refractivity contribution in [3.8, 4) is 0 Å².